The molecule has 0 amide bonds. The van der Waals surface area contributed by atoms with Gasteiger partial charge in [-0.15, -0.1) is 0 Å². The lowest BCUT2D eigenvalue weighted by Gasteiger charge is -2.26. The molecule has 37 heavy (non-hydrogen) atoms. The highest BCUT2D eigenvalue weighted by Gasteiger charge is 2.20. The first-order valence-corrected chi connectivity index (χ1v) is 13.2. The van der Waals surface area contributed by atoms with Crippen molar-refractivity contribution in [3.63, 3.8) is 0 Å². The van der Waals surface area contributed by atoms with Crippen molar-refractivity contribution in [2.24, 2.45) is 0 Å². The summed E-state index contributed by atoms with van der Waals surface area (Å²) >= 11 is 0. The lowest BCUT2D eigenvalue weighted by atomic mass is 9.85. The van der Waals surface area contributed by atoms with Gasteiger partial charge in [-0.2, -0.15) is 0 Å². The van der Waals surface area contributed by atoms with Crippen LogP contribution < -0.4 is 14.2 Å². The third kappa shape index (κ3) is 5.89. The van der Waals surface area contributed by atoms with E-state index in [2.05, 4.69) is 23.1 Å². The Kier molecular flexibility index (Phi) is 7.90. The van der Waals surface area contributed by atoms with Gasteiger partial charge in [-0.1, -0.05) is 18.6 Å². The van der Waals surface area contributed by atoms with Crippen molar-refractivity contribution >= 4 is 17.4 Å². The summed E-state index contributed by atoms with van der Waals surface area (Å²) in [5.74, 6) is 2.40. The second-order valence-electron chi connectivity index (χ2n) is 9.75. The van der Waals surface area contributed by atoms with Gasteiger partial charge in [0, 0.05) is 17.7 Å². The van der Waals surface area contributed by atoms with Gasteiger partial charge in [0.2, 0.25) is 0 Å². The lowest BCUT2D eigenvalue weighted by molar-refractivity contribution is 0.103. The Hall–Kier alpha value is -3.57. The van der Waals surface area contributed by atoms with Crippen LogP contribution in [0.25, 0.3) is 11.6 Å². The van der Waals surface area contributed by atoms with E-state index >= 15 is 0 Å². The molecule has 5 heteroatoms. The van der Waals surface area contributed by atoms with E-state index in [9.17, 15) is 4.79 Å². The third-order valence-corrected chi connectivity index (χ3v) is 7.40. The van der Waals surface area contributed by atoms with Gasteiger partial charge in [-0.05, 0) is 116 Å². The van der Waals surface area contributed by atoms with E-state index in [1.165, 1.54) is 24.8 Å². The summed E-state index contributed by atoms with van der Waals surface area (Å²) in [6, 6.07) is 19.4. The molecule has 1 fully saturated rings. The smallest absolute Gasteiger partial charge is 0.193 e. The summed E-state index contributed by atoms with van der Waals surface area (Å²) in [5.41, 5.74) is 5.81. The van der Waals surface area contributed by atoms with Crippen LogP contribution in [0.5, 0.6) is 17.2 Å². The number of benzene rings is 3. The molecule has 0 saturated carbocycles. The number of methoxy groups -OCH3 is 2. The third-order valence-electron chi connectivity index (χ3n) is 7.40. The molecule has 0 radical (unpaired) electrons. The summed E-state index contributed by atoms with van der Waals surface area (Å²) in [7, 11) is 3.34. The van der Waals surface area contributed by atoms with E-state index in [0.717, 1.165) is 66.4 Å². The molecule has 3 aromatic rings. The predicted molar refractivity (Wildman–Crippen MR) is 148 cm³/mol. The minimum Gasteiger partial charge on any atom is -0.497 e. The average Bonchev–Trinajstić information content (AvgIpc) is 2.97. The fraction of sp³-hybridized carbons (Fsp3) is 0.344. The minimum absolute atomic E-state index is 0.000974. The van der Waals surface area contributed by atoms with E-state index in [-0.39, 0.29) is 5.78 Å². The maximum Gasteiger partial charge on any atom is 0.193 e. The first-order valence-electron chi connectivity index (χ1n) is 13.2. The molecule has 0 atom stereocenters. The van der Waals surface area contributed by atoms with Crippen molar-refractivity contribution in [2.45, 2.75) is 32.1 Å². The van der Waals surface area contributed by atoms with Crippen LogP contribution in [0.15, 0.2) is 60.7 Å². The van der Waals surface area contributed by atoms with E-state index in [0.29, 0.717) is 17.7 Å². The Morgan fingerprint density at radius 3 is 2.27 bits per heavy atom. The van der Waals surface area contributed by atoms with Crippen LogP contribution in [-0.4, -0.2) is 51.1 Å². The van der Waals surface area contributed by atoms with E-state index in [1.54, 1.807) is 14.2 Å². The SMILES string of the molecule is COc1ccc2c(c1)CCC(c1cc(OC)ccc1C(=O)c1ccc(OCCN3CCCCC3)cc1)=C2. The second kappa shape index (κ2) is 11.7. The van der Waals surface area contributed by atoms with Gasteiger partial charge in [0.25, 0.3) is 0 Å². The number of piperidine rings is 1. The molecule has 1 heterocycles. The first-order chi connectivity index (χ1) is 18.1. The highest BCUT2D eigenvalue weighted by molar-refractivity contribution is 6.12. The Labute approximate surface area is 219 Å². The number of nitrogens with zero attached hydrogens (tertiary/aromatic N) is 1. The highest BCUT2D eigenvalue weighted by atomic mass is 16.5. The van der Waals surface area contributed by atoms with Crippen molar-refractivity contribution in [1.29, 1.82) is 0 Å². The molecule has 0 aromatic heterocycles. The summed E-state index contributed by atoms with van der Waals surface area (Å²) in [4.78, 5) is 16.1. The number of aryl methyl sites for hydroxylation is 1. The molecule has 3 aromatic carbocycles. The van der Waals surface area contributed by atoms with Crippen LogP contribution >= 0.6 is 0 Å². The van der Waals surface area contributed by atoms with Crippen molar-refractivity contribution in [3.05, 3.63) is 88.5 Å². The quantitative estimate of drug-likeness (QED) is 0.325. The summed E-state index contributed by atoms with van der Waals surface area (Å²) in [5, 5.41) is 0. The van der Waals surface area contributed by atoms with Crippen LogP contribution in [0.4, 0.5) is 0 Å². The molecule has 2 aliphatic rings. The highest BCUT2D eigenvalue weighted by Crippen LogP contribution is 2.36. The molecule has 0 spiro atoms. The van der Waals surface area contributed by atoms with Gasteiger partial charge in [-0.25, -0.2) is 0 Å². The zero-order valence-electron chi connectivity index (χ0n) is 21.8. The normalized spacial score (nSPS) is 15.5. The molecule has 0 bridgehead atoms. The maximum atomic E-state index is 13.6. The van der Waals surface area contributed by atoms with Gasteiger partial charge >= 0.3 is 0 Å². The van der Waals surface area contributed by atoms with Gasteiger partial charge in [-0.3, -0.25) is 9.69 Å². The van der Waals surface area contributed by atoms with Crippen LogP contribution in [-0.2, 0) is 6.42 Å². The zero-order valence-corrected chi connectivity index (χ0v) is 21.8. The lowest BCUT2D eigenvalue weighted by Crippen LogP contribution is -2.33. The minimum atomic E-state index is -0.000974. The molecular weight excluding hydrogens is 462 g/mol. The molecular formula is C32H35NO4. The molecule has 192 valence electrons. The van der Waals surface area contributed by atoms with Crippen molar-refractivity contribution in [1.82, 2.24) is 4.90 Å². The van der Waals surface area contributed by atoms with Crippen LogP contribution in [0, 0.1) is 0 Å². The fourth-order valence-corrected chi connectivity index (χ4v) is 5.26. The molecule has 5 nitrogen and oxygen atoms in total. The monoisotopic (exact) mass is 497 g/mol. The summed E-state index contributed by atoms with van der Waals surface area (Å²) < 4.78 is 16.9. The largest absolute Gasteiger partial charge is 0.497 e. The standard InChI is InChI=1S/C32H35NO4/c1-35-28-13-10-24-20-26(7-6-25(24)21-28)31-22-29(36-2)14-15-30(31)32(34)23-8-11-27(12-9-23)37-19-18-33-16-4-3-5-17-33/h8-15,20-22H,3-7,16-19H2,1-2H3. The van der Waals surface area contributed by atoms with Crippen molar-refractivity contribution < 1.29 is 19.0 Å². The molecule has 0 unspecified atom stereocenters. The average molecular weight is 498 g/mol. The summed E-state index contributed by atoms with van der Waals surface area (Å²) in [6.07, 6.45) is 7.82. The van der Waals surface area contributed by atoms with E-state index < -0.39 is 0 Å². The number of carbonyl (C=O) groups is 1. The molecule has 5 rings (SSSR count). The Bertz CT molecular complexity index is 1270. The molecule has 1 aliphatic heterocycles. The Balaban J connectivity index is 1.34. The number of carbonyl (C=O) groups excluding carboxylic acids is 1. The number of allylic oxidation sites excluding steroid dienone is 1. The van der Waals surface area contributed by atoms with Gasteiger partial charge < -0.3 is 14.2 Å². The predicted octanol–water partition coefficient (Wildman–Crippen LogP) is 6.29. The van der Waals surface area contributed by atoms with E-state index in [4.69, 9.17) is 14.2 Å². The zero-order chi connectivity index (χ0) is 25.6. The number of hydrogen-bond acceptors (Lipinski definition) is 5. The van der Waals surface area contributed by atoms with Crippen molar-refractivity contribution in [2.75, 3.05) is 40.5 Å². The number of rotatable bonds is 9. The van der Waals surface area contributed by atoms with Crippen LogP contribution in [0.3, 0.4) is 0 Å². The van der Waals surface area contributed by atoms with Gasteiger partial charge in [0.05, 0.1) is 14.2 Å². The van der Waals surface area contributed by atoms with E-state index in [1.807, 2.05) is 48.5 Å². The number of fused-ring (bicyclic) bond motifs is 1. The van der Waals surface area contributed by atoms with Gasteiger partial charge in [0.15, 0.2) is 5.78 Å². The second-order valence-corrected chi connectivity index (χ2v) is 9.75. The molecule has 1 aliphatic carbocycles. The van der Waals surface area contributed by atoms with Crippen LogP contribution in [0.2, 0.25) is 0 Å². The molecule has 1 saturated heterocycles. The van der Waals surface area contributed by atoms with Gasteiger partial charge in [0.1, 0.15) is 23.9 Å². The number of ketones is 1. The number of hydrogen-bond donors (Lipinski definition) is 0. The van der Waals surface area contributed by atoms with Crippen molar-refractivity contribution in [3.8, 4) is 17.2 Å². The van der Waals surface area contributed by atoms with Crippen LogP contribution in [0.1, 0.15) is 58.3 Å². The number of likely N-dealkylation sites (tertiary alicyclic amines) is 1. The maximum absolute atomic E-state index is 13.6. The molecule has 0 N–H and O–H groups in total. The summed E-state index contributed by atoms with van der Waals surface area (Å²) in [6.45, 7) is 3.94. The first kappa shape index (κ1) is 25.1. The topological polar surface area (TPSA) is 48.0 Å². The Morgan fingerprint density at radius 1 is 0.811 bits per heavy atom. The Morgan fingerprint density at radius 2 is 1.51 bits per heavy atom. The fourth-order valence-electron chi connectivity index (χ4n) is 5.26. The number of ether oxygens (including phenoxy) is 3.